The Morgan fingerprint density at radius 1 is 0.846 bits per heavy atom. The summed E-state index contributed by atoms with van der Waals surface area (Å²) in [6.45, 7) is 5.75. The number of carbonyl (C=O) groups excluding carboxylic acids is 1. The lowest BCUT2D eigenvalue weighted by atomic mass is 10.1. The maximum atomic E-state index is 13.6. The third-order valence-corrected chi connectivity index (χ3v) is 8.20. The Kier molecular flexibility index (Phi) is 8.71. The molecule has 0 saturated heterocycles. The Balaban J connectivity index is 1.38. The molecule has 3 heterocycles. The zero-order valence-electron chi connectivity index (χ0n) is 22.8. The maximum Gasteiger partial charge on any atom is 0.291 e. The summed E-state index contributed by atoms with van der Waals surface area (Å²) < 4.78 is 7.56. The van der Waals surface area contributed by atoms with Crippen molar-refractivity contribution in [2.24, 2.45) is 0 Å². The van der Waals surface area contributed by atoms with Crippen molar-refractivity contribution >= 4 is 33.5 Å². The fourth-order valence-corrected chi connectivity index (χ4v) is 6.02. The van der Waals surface area contributed by atoms with E-state index in [4.69, 9.17) is 4.74 Å². The van der Waals surface area contributed by atoms with E-state index in [9.17, 15) is 9.59 Å². The molecular formula is C31H36N4O3S. The Morgan fingerprint density at radius 2 is 1.56 bits per heavy atom. The summed E-state index contributed by atoms with van der Waals surface area (Å²) in [6.07, 6.45) is 10.3. The molecule has 5 rings (SSSR count). The van der Waals surface area contributed by atoms with Gasteiger partial charge in [0.05, 0.1) is 17.9 Å². The molecule has 1 aliphatic heterocycles. The molecule has 0 radical (unpaired) electrons. The van der Waals surface area contributed by atoms with E-state index in [-0.39, 0.29) is 11.5 Å². The predicted octanol–water partition coefficient (Wildman–Crippen LogP) is 6.01. The number of aromatic nitrogens is 3. The Hall–Kier alpha value is -3.52. The minimum Gasteiger partial charge on any atom is -0.494 e. The summed E-state index contributed by atoms with van der Waals surface area (Å²) in [7, 11) is 0. The number of anilines is 1. The van der Waals surface area contributed by atoms with Gasteiger partial charge in [-0.3, -0.25) is 9.59 Å². The van der Waals surface area contributed by atoms with Crippen LogP contribution in [0.1, 0.15) is 77.2 Å². The fourth-order valence-electron chi connectivity index (χ4n) is 5.02. The van der Waals surface area contributed by atoms with Crippen LogP contribution in [0.4, 0.5) is 5.69 Å². The summed E-state index contributed by atoms with van der Waals surface area (Å²) in [6, 6.07) is 15.4. The molecule has 0 unspecified atom stereocenters. The van der Waals surface area contributed by atoms with E-state index in [0.717, 1.165) is 41.8 Å². The van der Waals surface area contributed by atoms with Crippen molar-refractivity contribution < 1.29 is 9.53 Å². The molecule has 7 nitrogen and oxygen atoms in total. The van der Waals surface area contributed by atoms with Crippen LogP contribution in [0.3, 0.4) is 0 Å². The van der Waals surface area contributed by atoms with Gasteiger partial charge in [0.15, 0.2) is 5.82 Å². The van der Waals surface area contributed by atoms with Gasteiger partial charge in [-0.15, -0.1) is 5.10 Å². The van der Waals surface area contributed by atoms with Crippen LogP contribution in [0.15, 0.2) is 53.3 Å². The molecule has 2 aromatic heterocycles. The van der Waals surface area contributed by atoms with E-state index in [2.05, 4.69) is 23.9 Å². The molecule has 8 heteroatoms. The lowest BCUT2D eigenvalue weighted by Gasteiger charge is -2.16. The van der Waals surface area contributed by atoms with E-state index >= 15 is 0 Å². The van der Waals surface area contributed by atoms with Crippen molar-refractivity contribution in [3.8, 4) is 17.1 Å². The number of amides is 1. The molecule has 1 aliphatic rings. The van der Waals surface area contributed by atoms with Gasteiger partial charge in [0, 0.05) is 17.7 Å². The van der Waals surface area contributed by atoms with Crippen molar-refractivity contribution in [1.29, 1.82) is 0 Å². The SMILES string of the molecule is CCCCCCCN1C(=O)C(=c2sc3nc(-c4ccc(OCCCCCC)cc4)nn3c2=O)c2ccccc21. The average Bonchev–Trinajstić information content (AvgIpc) is 3.59. The van der Waals surface area contributed by atoms with Gasteiger partial charge in [0.1, 0.15) is 10.3 Å². The molecule has 0 aliphatic carbocycles. The monoisotopic (exact) mass is 544 g/mol. The van der Waals surface area contributed by atoms with Gasteiger partial charge < -0.3 is 9.64 Å². The maximum absolute atomic E-state index is 13.6. The van der Waals surface area contributed by atoms with Crippen LogP contribution >= 0.6 is 11.3 Å². The molecule has 0 atom stereocenters. The van der Waals surface area contributed by atoms with Crippen molar-refractivity contribution in [3.63, 3.8) is 0 Å². The molecule has 0 saturated carbocycles. The van der Waals surface area contributed by atoms with Crippen LogP contribution in [0, 0.1) is 0 Å². The highest BCUT2D eigenvalue weighted by Crippen LogP contribution is 2.35. The van der Waals surface area contributed by atoms with Crippen LogP contribution in [0.25, 0.3) is 21.9 Å². The van der Waals surface area contributed by atoms with Crippen molar-refractivity contribution in [1.82, 2.24) is 14.6 Å². The molecule has 39 heavy (non-hydrogen) atoms. The number of hydrogen-bond acceptors (Lipinski definition) is 6. The Morgan fingerprint density at radius 3 is 2.31 bits per heavy atom. The smallest absolute Gasteiger partial charge is 0.291 e. The Labute approximate surface area is 233 Å². The molecule has 2 aromatic carbocycles. The molecule has 0 spiro atoms. The first kappa shape index (κ1) is 27.1. The summed E-state index contributed by atoms with van der Waals surface area (Å²) in [4.78, 5) is 34.0. The van der Waals surface area contributed by atoms with Crippen LogP contribution in [0.5, 0.6) is 5.75 Å². The number of hydrogen-bond donors (Lipinski definition) is 0. The van der Waals surface area contributed by atoms with Gasteiger partial charge >= 0.3 is 0 Å². The highest BCUT2D eigenvalue weighted by atomic mass is 32.1. The number of para-hydroxylation sites is 1. The lowest BCUT2D eigenvalue weighted by molar-refractivity contribution is -0.113. The van der Waals surface area contributed by atoms with Gasteiger partial charge in [-0.2, -0.15) is 9.50 Å². The van der Waals surface area contributed by atoms with Crippen LogP contribution in [0.2, 0.25) is 0 Å². The van der Waals surface area contributed by atoms with Gasteiger partial charge in [-0.1, -0.05) is 88.3 Å². The molecule has 204 valence electrons. The number of ether oxygens (including phenoxy) is 1. The largest absolute Gasteiger partial charge is 0.494 e. The number of thiazole rings is 1. The number of benzene rings is 2. The van der Waals surface area contributed by atoms with Crippen LogP contribution < -0.4 is 19.7 Å². The second kappa shape index (κ2) is 12.6. The molecule has 0 bridgehead atoms. The highest BCUT2D eigenvalue weighted by molar-refractivity contribution is 7.15. The van der Waals surface area contributed by atoms with Crippen molar-refractivity contribution in [2.75, 3.05) is 18.1 Å². The second-order valence-electron chi connectivity index (χ2n) is 10.1. The number of nitrogens with zero attached hydrogens (tertiary/aromatic N) is 4. The summed E-state index contributed by atoms with van der Waals surface area (Å²) in [5.74, 6) is 1.18. The minimum atomic E-state index is -0.302. The van der Waals surface area contributed by atoms with E-state index in [0.29, 0.717) is 34.0 Å². The van der Waals surface area contributed by atoms with Crippen LogP contribution in [-0.2, 0) is 4.79 Å². The molecule has 0 N–H and O–H groups in total. The van der Waals surface area contributed by atoms with Crippen molar-refractivity contribution in [2.45, 2.75) is 71.6 Å². The fraction of sp³-hybridized carbons (Fsp3) is 0.419. The zero-order chi connectivity index (χ0) is 27.2. The normalized spacial score (nSPS) is 14.4. The van der Waals surface area contributed by atoms with Crippen LogP contribution in [-0.4, -0.2) is 33.7 Å². The van der Waals surface area contributed by atoms with Gasteiger partial charge in [0.2, 0.25) is 4.96 Å². The zero-order valence-corrected chi connectivity index (χ0v) is 23.6. The third-order valence-electron chi connectivity index (χ3n) is 7.17. The number of unbranched alkanes of at least 4 members (excludes halogenated alkanes) is 7. The molecule has 4 aromatic rings. The van der Waals surface area contributed by atoms with Gasteiger partial charge in [-0.05, 0) is 43.2 Å². The molecule has 1 amide bonds. The first-order valence-electron chi connectivity index (χ1n) is 14.2. The quantitative estimate of drug-likeness (QED) is 0.193. The van der Waals surface area contributed by atoms with Crippen molar-refractivity contribution in [3.05, 3.63) is 69.0 Å². The topological polar surface area (TPSA) is 76.8 Å². The number of rotatable bonds is 13. The second-order valence-corrected chi connectivity index (χ2v) is 11.0. The van der Waals surface area contributed by atoms with E-state index < -0.39 is 0 Å². The minimum absolute atomic E-state index is 0.112. The lowest BCUT2D eigenvalue weighted by Crippen LogP contribution is -2.33. The average molecular weight is 545 g/mol. The van der Waals surface area contributed by atoms with E-state index in [1.807, 2.05) is 53.4 Å². The Bertz CT molecular complexity index is 1540. The summed E-state index contributed by atoms with van der Waals surface area (Å²) in [5, 5.41) is 4.50. The predicted molar refractivity (Wildman–Crippen MR) is 157 cm³/mol. The van der Waals surface area contributed by atoms with Gasteiger partial charge in [0.25, 0.3) is 11.5 Å². The number of fused-ring (bicyclic) bond motifs is 2. The number of carbonyl (C=O) groups is 1. The van der Waals surface area contributed by atoms with E-state index in [1.165, 1.54) is 54.4 Å². The van der Waals surface area contributed by atoms with E-state index in [1.54, 1.807) is 0 Å². The first-order valence-corrected chi connectivity index (χ1v) is 15.0. The van der Waals surface area contributed by atoms with Gasteiger partial charge in [-0.25, -0.2) is 0 Å². The summed E-state index contributed by atoms with van der Waals surface area (Å²) >= 11 is 1.23. The first-order chi connectivity index (χ1) is 19.1. The highest BCUT2D eigenvalue weighted by Gasteiger charge is 2.33. The standard InChI is InChI=1S/C31H36N4O3S/c1-3-5-7-9-12-20-34-25-15-11-10-14-24(25)26(29(34)36)27-30(37)35-31(39-27)32-28(33-35)22-16-18-23(19-17-22)38-21-13-8-6-4-2/h10-11,14-19H,3-9,12-13,20-21H2,1-2H3. The summed E-state index contributed by atoms with van der Waals surface area (Å²) in [5.41, 5.74) is 2.66. The molecular weight excluding hydrogens is 508 g/mol. The third kappa shape index (κ3) is 5.76. The molecule has 0 fully saturated rings.